The van der Waals surface area contributed by atoms with E-state index in [2.05, 4.69) is 79.4 Å². The topological polar surface area (TPSA) is 3.24 Å². The molecule has 0 N–H and O–H groups in total. The summed E-state index contributed by atoms with van der Waals surface area (Å²) in [7, 11) is 0. The molecular formula is C19H25Cl2N. The molecule has 0 saturated heterocycles. The molecule has 0 aliphatic carbocycles. The third kappa shape index (κ3) is 5.64. The van der Waals surface area contributed by atoms with Gasteiger partial charge in [0.1, 0.15) is 0 Å². The maximum Gasteiger partial charge on any atom is 0.0242 e. The minimum Gasteiger partial charge on any atom is -0.290 e. The van der Waals surface area contributed by atoms with E-state index in [1.807, 2.05) is 0 Å². The molecule has 0 atom stereocenters. The Morgan fingerprint density at radius 2 is 1.23 bits per heavy atom. The van der Waals surface area contributed by atoms with Crippen molar-refractivity contribution < 1.29 is 0 Å². The molecule has 0 fully saturated rings. The highest BCUT2D eigenvalue weighted by molar-refractivity contribution is 6.17. The molecule has 22 heavy (non-hydrogen) atoms. The second kappa shape index (κ2) is 9.19. The third-order valence-electron chi connectivity index (χ3n) is 3.99. The minimum atomic E-state index is 0. The highest BCUT2D eigenvalue weighted by Crippen LogP contribution is 2.24. The Bertz CT molecular complexity index is 484. The van der Waals surface area contributed by atoms with Crippen LogP contribution in [0.1, 0.15) is 31.4 Å². The van der Waals surface area contributed by atoms with Crippen LogP contribution in [-0.2, 0) is 13.1 Å². The molecule has 0 bridgehead atoms. The van der Waals surface area contributed by atoms with E-state index in [1.54, 1.807) is 0 Å². The Balaban J connectivity index is 0.00000242. The molecule has 0 amide bonds. The second-order valence-corrected chi connectivity index (χ2v) is 6.46. The molecule has 2 rings (SSSR count). The molecule has 2 aromatic carbocycles. The average Bonchev–Trinajstić information content (AvgIpc) is 2.49. The summed E-state index contributed by atoms with van der Waals surface area (Å²) < 4.78 is 0. The smallest absolute Gasteiger partial charge is 0.0242 e. The number of hydrogen-bond donors (Lipinski definition) is 0. The molecule has 0 radical (unpaired) electrons. The van der Waals surface area contributed by atoms with Gasteiger partial charge in [-0.15, -0.1) is 24.0 Å². The minimum absolute atomic E-state index is 0. The van der Waals surface area contributed by atoms with E-state index in [1.165, 1.54) is 11.1 Å². The lowest BCUT2D eigenvalue weighted by Gasteiger charge is -2.38. The normalized spacial score (nSPS) is 11.3. The zero-order valence-corrected chi connectivity index (χ0v) is 14.9. The van der Waals surface area contributed by atoms with Gasteiger partial charge in [-0.1, -0.05) is 60.7 Å². The predicted molar refractivity (Wildman–Crippen MR) is 98.8 cm³/mol. The Morgan fingerprint density at radius 1 is 0.818 bits per heavy atom. The average molecular weight is 338 g/mol. The first-order valence-corrected chi connectivity index (χ1v) is 8.04. The monoisotopic (exact) mass is 337 g/mol. The fourth-order valence-corrected chi connectivity index (χ4v) is 2.94. The van der Waals surface area contributed by atoms with Crippen LogP contribution in [-0.4, -0.2) is 16.3 Å². The van der Waals surface area contributed by atoms with E-state index in [-0.39, 0.29) is 17.9 Å². The summed E-state index contributed by atoms with van der Waals surface area (Å²) in [6.07, 6.45) is 0.980. The molecule has 0 spiro atoms. The van der Waals surface area contributed by atoms with Gasteiger partial charge in [0.05, 0.1) is 0 Å². The van der Waals surface area contributed by atoms with Crippen LogP contribution in [0.2, 0.25) is 0 Å². The van der Waals surface area contributed by atoms with Gasteiger partial charge in [0, 0.05) is 24.5 Å². The third-order valence-corrected chi connectivity index (χ3v) is 4.18. The van der Waals surface area contributed by atoms with Crippen LogP contribution < -0.4 is 0 Å². The van der Waals surface area contributed by atoms with Gasteiger partial charge in [-0.3, -0.25) is 4.90 Å². The van der Waals surface area contributed by atoms with Crippen molar-refractivity contribution in [2.24, 2.45) is 0 Å². The molecule has 0 saturated carbocycles. The highest BCUT2D eigenvalue weighted by Gasteiger charge is 2.26. The van der Waals surface area contributed by atoms with E-state index >= 15 is 0 Å². The quantitative estimate of drug-likeness (QED) is 0.601. The molecule has 120 valence electrons. The summed E-state index contributed by atoms with van der Waals surface area (Å²) in [5.74, 6) is 0.688. The van der Waals surface area contributed by atoms with Crippen molar-refractivity contribution in [1.82, 2.24) is 4.90 Å². The Hall–Kier alpha value is -1.02. The maximum absolute atomic E-state index is 6.01. The van der Waals surface area contributed by atoms with Crippen LogP contribution in [0, 0.1) is 0 Å². The Kier molecular flexibility index (Phi) is 7.95. The lowest BCUT2D eigenvalue weighted by Crippen LogP contribution is -2.43. The summed E-state index contributed by atoms with van der Waals surface area (Å²) >= 11 is 6.01. The Morgan fingerprint density at radius 3 is 1.59 bits per heavy atom. The van der Waals surface area contributed by atoms with Gasteiger partial charge in [0.15, 0.2) is 0 Å². The van der Waals surface area contributed by atoms with Crippen LogP contribution in [0.5, 0.6) is 0 Å². The summed E-state index contributed by atoms with van der Waals surface area (Å²) in [6, 6.07) is 21.3. The van der Waals surface area contributed by atoms with Crippen LogP contribution in [0.25, 0.3) is 0 Å². The van der Waals surface area contributed by atoms with Crippen molar-refractivity contribution in [1.29, 1.82) is 0 Å². The van der Waals surface area contributed by atoms with Crippen LogP contribution >= 0.6 is 24.0 Å². The van der Waals surface area contributed by atoms with Crippen molar-refractivity contribution in [3.63, 3.8) is 0 Å². The van der Waals surface area contributed by atoms with Gasteiger partial charge in [0.2, 0.25) is 0 Å². The van der Waals surface area contributed by atoms with E-state index < -0.39 is 0 Å². The van der Waals surface area contributed by atoms with Crippen molar-refractivity contribution in [3.8, 4) is 0 Å². The number of halogens is 2. The fourth-order valence-electron chi connectivity index (χ4n) is 2.48. The van der Waals surface area contributed by atoms with Crippen LogP contribution in [0.3, 0.4) is 0 Å². The van der Waals surface area contributed by atoms with E-state index in [0.717, 1.165) is 19.5 Å². The predicted octanol–water partition coefficient (Wildman–Crippen LogP) is 5.52. The van der Waals surface area contributed by atoms with Gasteiger partial charge in [-0.25, -0.2) is 0 Å². The number of alkyl halides is 1. The van der Waals surface area contributed by atoms with Crippen molar-refractivity contribution in [2.75, 3.05) is 5.88 Å². The lowest BCUT2D eigenvalue weighted by atomic mass is 9.97. The molecule has 1 nitrogen and oxygen atoms in total. The van der Waals surface area contributed by atoms with E-state index in [0.29, 0.717) is 5.88 Å². The summed E-state index contributed by atoms with van der Waals surface area (Å²) in [5, 5.41) is 0. The number of rotatable bonds is 7. The van der Waals surface area contributed by atoms with Crippen molar-refractivity contribution >= 4 is 24.0 Å². The first-order chi connectivity index (χ1) is 10.1. The van der Waals surface area contributed by atoms with Crippen LogP contribution in [0.4, 0.5) is 0 Å². The van der Waals surface area contributed by atoms with Crippen LogP contribution in [0.15, 0.2) is 60.7 Å². The first-order valence-electron chi connectivity index (χ1n) is 7.51. The maximum atomic E-state index is 6.01. The molecule has 0 aromatic heterocycles. The first kappa shape index (κ1) is 19.0. The molecule has 0 aliphatic heterocycles. The summed E-state index contributed by atoms with van der Waals surface area (Å²) in [6.45, 7) is 6.45. The summed E-state index contributed by atoms with van der Waals surface area (Å²) in [5.41, 5.74) is 2.76. The SMILES string of the molecule is CC(C)(CCCl)N(Cc1ccccc1)Cc1ccccc1.Cl. The molecule has 3 heteroatoms. The van der Waals surface area contributed by atoms with Gasteiger partial charge in [-0.05, 0) is 31.4 Å². The number of hydrogen-bond acceptors (Lipinski definition) is 1. The zero-order valence-electron chi connectivity index (χ0n) is 13.3. The fraction of sp³-hybridized carbons (Fsp3) is 0.368. The van der Waals surface area contributed by atoms with Crippen molar-refractivity contribution in [3.05, 3.63) is 71.8 Å². The standard InChI is InChI=1S/C19H24ClN.ClH/c1-19(2,13-14-20)21(15-17-9-5-3-6-10-17)16-18-11-7-4-8-12-18;/h3-12H,13-16H2,1-2H3;1H. The van der Waals surface area contributed by atoms with Gasteiger partial charge in [0.25, 0.3) is 0 Å². The van der Waals surface area contributed by atoms with E-state index in [9.17, 15) is 0 Å². The molecule has 0 heterocycles. The molecule has 2 aromatic rings. The molecular weight excluding hydrogens is 313 g/mol. The highest BCUT2D eigenvalue weighted by atomic mass is 35.5. The largest absolute Gasteiger partial charge is 0.290 e. The van der Waals surface area contributed by atoms with E-state index in [4.69, 9.17) is 11.6 Å². The van der Waals surface area contributed by atoms with Gasteiger partial charge in [-0.2, -0.15) is 0 Å². The van der Waals surface area contributed by atoms with Crippen molar-refractivity contribution in [2.45, 2.75) is 38.9 Å². The molecule has 0 aliphatic rings. The Labute approximate surface area is 145 Å². The zero-order chi connectivity index (χ0) is 15.1. The van der Waals surface area contributed by atoms with Gasteiger partial charge >= 0.3 is 0 Å². The van der Waals surface area contributed by atoms with Gasteiger partial charge < -0.3 is 0 Å². The molecule has 0 unspecified atom stereocenters. The number of benzene rings is 2. The number of nitrogens with zero attached hydrogens (tertiary/aromatic N) is 1. The summed E-state index contributed by atoms with van der Waals surface area (Å²) in [4.78, 5) is 2.51. The lowest BCUT2D eigenvalue weighted by molar-refractivity contribution is 0.0988. The second-order valence-electron chi connectivity index (χ2n) is 6.08.